The molecule has 0 radical (unpaired) electrons. The van der Waals surface area contributed by atoms with Crippen molar-refractivity contribution < 1.29 is 4.39 Å². The summed E-state index contributed by atoms with van der Waals surface area (Å²) in [6.07, 6.45) is 0. The van der Waals surface area contributed by atoms with Crippen molar-refractivity contribution in [2.75, 3.05) is 6.54 Å². The molecule has 0 saturated heterocycles. The van der Waals surface area contributed by atoms with Crippen molar-refractivity contribution in [1.29, 1.82) is 0 Å². The van der Waals surface area contributed by atoms with Crippen molar-refractivity contribution in [2.24, 2.45) is 0 Å². The summed E-state index contributed by atoms with van der Waals surface area (Å²) in [5.41, 5.74) is 1.93. The Balaban J connectivity index is 2.78. The number of benzene rings is 1. The largest absolute Gasteiger partial charge is 0.310 e. The van der Waals surface area contributed by atoms with Gasteiger partial charge in [-0.05, 0) is 32.0 Å². The van der Waals surface area contributed by atoms with Crippen LogP contribution in [0.5, 0.6) is 0 Å². The Kier molecular flexibility index (Phi) is 6.46. The molecular weight excluding hydrogens is 239 g/mol. The van der Waals surface area contributed by atoms with E-state index in [1.807, 2.05) is 12.1 Å². The molecule has 0 aliphatic heterocycles. The van der Waals surface area contributed by atoms with Gasteiger partial charge in [-0.2, -0.15) is 0 Å². The van der Waals surface area contributed by atoms with Gasteiger partial charge in [0, 0.05) is 30.7 Å². The van der Waals surface area contributed by atoms with E-state index in [4.69, 9.17) is 0 Å². The fraction of sp³-hybridized carbons (Fsp3) is 0.625. The molecule has 0 amide bonds. The van der Waals surface area contributed by atoms with Gasteiger partial charge in [0.1, 0.15) is 5.82 Å². The summed E-state index contributed by atoms with van der Waals surface area (Å²) < 4.78 is 13.9. The van der Waals surface area contributed by atoms with Crippen LogP contribution in [0.25, 0.3) is 0 Å². The first-order valence-electron chi connectivity index (χ1n) is 7.18. The smallest absolute Gasteiger partial charge is 0.127 e. The summed E-state index contributed by atoms with van der Waals surface area (Å²) in [6.45, 7) is 13.0. The van der Waals surface area contributed by atoms with E-state index >= 15 is 0 Å². The Morgan fingerprint density at radius 2 is 1.89 bits per heavy atom. The third kappa shape index (κ3) is 5.29. The number of nitrogens with one attached hydrogen (secondary N) is 1. The lowest BCUT2D eigenvalue weighted by atomic mass is 10.1. The van der Waals surface area contributed by atoms with Gasteiger partial charge in [-0.1, -0.05) is 32.9 Å². The summed E-state index contributed by atoms with van der Waals surface area (Å²) in [6, 6.07) is 6.30. The van der Waals surface area contributed by atoms with Gasteiger partial charge in [0.25, 0.3) is 0 Å². The van der Waals surface area contributed by atoms with Crippen LogP contribution in [0.15, 0.2) is 18.2 Å². The molecule has 0 aromatic heterocycles. The maximum atomic E-state index is 13.9. The van der Waals surface area contributed by atoms with Crippen LogP contribution in [0.3, 0.4) is 0 Å². The van der Waals surface area contributed by atoms with Gasteiger partial charge in [-0.25, -0.2) is 4.39 Å². The van der Waals surface area contributed by atoms with Crippen LogP contribution in [0.1, 0.15) is 45.7 Å². The van der Waals surface area contributed by atoms with E-state index < -0.39 is 0 Å². The molecule has 0 atom stereocenters. The van der Waals surface area contributed by atoms with Crippen LogP contribution in [-0.4, -0.2) is 23.5 Å². The minimum Gasteiger partial charge on any atom is -0.310 e. The molecule has 108 valence electrons. The zero-order chi connectivity index (χ0) is 14.4. The number of hydrogen-bond donors (Lipinski definition) is 1. The highest BCUT2D eigenvalue weighted by Crippen LogP contribution is 2.15. The van der Waals surface area contributed by atoms with Crippen LogP contribution in [0, 0.1) is 5.82 Å². The second-order valence-corrected chi connectivity index (χ2v) is 5.62. The summed E-state index contributed by atoms with van der Waals surface area (Å²) in [4.78, 5) is 2.26. The molecule has 2 nitrogen and oxygen atoms in total. The average molecular weight is 266 g/mol. The second-order valence-electron chi connectivity index (χ2n) is 5.62. The minimum absolute atomic E-state index is 0.104. The quantitative estimate of drug-likeness (QED) is 0.812. The number of rotatable bonds is 7. The standard InChI is InChI=1S/C16H27FN2/c1-6-19(13(4)5)11-15-9-14(7-8-16(15)17)10-18-12(2)3/h7-9,12-13,18H,6,10-11H2,1-5H3. The Morgan fingerprint density at radius 1 is 1.21 bits per heavy atom. The molecule has 1 N–H and O–H groups in total. The van der Waals surface area contributed by atoms with Crippen LogP contribution in [0.4, 0.5) is 4.39 Å². The normalized spacial score (nSPS) is 11.8. The lowest BCUT2D eigenvalue weighted by molar-refractivity contribution is 0.222. The van der Waals surface area contributed by atoms with E-state index in [2.05, 4.69) is 44.8 Å². The molecule has 3 heteroatoms. The van der Waals surface area contributed by atoms with E-state index in [1.165, 1.54) is 0 Å². The van der Waals surface area contributed by atoms with Gasteiger partial charge in [-0.3, -0.25) is 4.90 Å². The second kappa shape index (κ2) is 7.61. The molecule has 1 aromatic rings. The van der Waals surface area contributed by atoms with E-state index in [9.17, 15) is 4.39 Å². The van der Waals surface area contributed by atoms with Gasteiger partial charge < -0.3 is 5.32 Å². The molecule has 0 spiro atoms. The number of halogens is 1. The molecule has 0 aliphatic carbocycles. The van der Waals surface area contributed by atoms with E-state index in [-0.39, 0.29) is 5.82 Å². The molecule has 0 aliphatic rings. The summed E-state index contributed by atoms with van der Waals surface area (Å²) in [5, 5.41) is 3.36. The van der Waals surface area contributed by atoms with E-state index in [0.29, 0.717) is 18.6 Å². The lowest BCUT2D eigenvalue weighted by Gasteiger charge is -2.25. The van der Waals surface area contributed by atoms with Gasteiger partial charge in [0.15, 0.2) is 0 Å². The topological polar surface area (TPSA) is 15.3 Å². The molecule has 0 heterocycles. The average Bonchev–Trinajstić information content (AvgIpc) is 2.35. The Morgan fingerprint density at radius 3 is 2.42 bits per heavy atom. The molecule has 0 unspecified atom stereocenters. The fourth-order valence-corrected chi connectivity index (χ4v) is 2.06. The molecule has 0 bridgehead atoms. The van der Waals surface area contributed by atoms with Crippen LogP contribution >= 0.6 is 0 Å². The fourth-order valence-electron chi connectivity index (χ4n) is 2.06. The highest BCUT2D eigenvalue weighted by Gasteiger charge is 2.11. The Bertz CT molecular complexity index is 388. The molecule has 1 aromatic carbocycles. The Labute approximate surface area is 117 Å². The van der Waals surface area contributed by atoms with Crippen LogP contribution in [0.2, 0.25) is 0 Å². The van der Waals surface area contributed by atoms with Crippen molar-refractivity contribution >= 4 is 0 Å². The first-order chi connectivity index (χ1) is 8.93. The maximum Gasteiger partial charge on any atom is 0.127 e. The molecular formula is C16H27FN2. The van der Waals surface area contributed by atoms with Crippen molar-refractivity contribution in [1.82, 2.24) is 10.2 Å². The van der Waals surface area contributed by atoms with Crippen molar-refractivity contribution in [2.45, 2.75) is 59.8 Å². The lowest BCUT2D eigenvalue weighted by Crippen LogP contribution is -2.30. The molecule has 0 fully saturated rings. The zero-order valence-corrected chi connectivity index (χ0v) is 12.8. The van der Waals surface area contributed by atoms with Crippen LogP contribution < -0.4 is 5.32 Å². The summed E-state index contributed by atoms with van der Waals surface area (Å²) in [5.74, 6) is -0.104. The summed E-state index contributed by atoms with van der Waals surface area (Å²) in [7, 11) is 0. The van der Waals surface area contributed by atoms with E-state index in [0.717, 1.165) is 24.2 Å². The third-order valence-corrected chi connectivity index (χ3v) is 3.33. The molecule has 0 saturated carbocycles. The van der Waals surface area contributed by atoms with Gasteiger partial charge >= 0.3 is 0 Å². The van der Waals surface area contributed by atoms with Crippen molar-refractivity contribution in [3.8, 4) is 0 Å². The SMILES string of the molecule is CCN(Cc1cc(CNC(C)C)ccc1F)C(C)C. The predicted molar refractivity (Wildman–Crippen MR) is 79.6 cm³/mol. The monoisotopic (exact) mass is 266 g/mol. The first-order valence-corrected chi connectivity index (χ1v) is 7.18. The van der Waals surface area contributed by atoms with E-state index in [1.54, 1.807) is 6.07 Å². The highest BCUT2D eigenvalue weighted by atomic mass is 19.1. The molecule has 19 heavy (non-hydrogen) atoms. The predicted octanol–water partition coefficient (Wildman–Crippen LogP) is 3.55. The van der Waals surface area contributed by atoms with Gasteiger partial charge in [0.2, 0.25) is 0 Å². The number of nitrogens with zero attached hydrogens (tertiary/aromatic N) is 1. The third-order valence-electron chi connectivity index (χ3n) is 3.33. The highest BCUT2D eigenvalue weighted by molar-refractivity contribution is 5.25. The van der Waals surface area contributed by atoms with Crippen LogP contribution in [-0.2, 0) is 13.1 Å². The van der Waals surface area contributed by atoms with Gasteiger partial charge in [0.05, 0.1) is 0 Å². The zero-order valence-electron chi connectivity index (χ0n) is 12.8. The molecule has 1 rings (SSSR count). The first kappa shape index (κ1) is 16.1. The summed E-state index contributed by atoms with van der Waals surface area (Å²) >= 11 is 0. The Hall–Kier alpha value is -0.930. The minimum atomic E-state index is -0.104. The number of hydrogen-bond acceptors (Lipinski definition) is 2. The van der Waals surface area contributed by atoms with Crippen molar-refractivity contribution in [3.63, 3.8) is 0 Å². The van der Waals surface area contributed by atoms with Crippen molar-refractivity contribution in [3.05, 3.63) is 35.1 Å². The van der Waals surface area contributed by atoms with Gasteiger partial charge in [-0.15, -0.1) is 0 Å². The maximum absolute atomic E-state index is 13.9.